The number of nitrogens with one attached hydrogen (secondary N) is 1. The van der Waals surface area contributed by atoms with Crippen molar-refractivity contribution in [2.75, 3.05) is 0 Å². The van der Waals surface area contributed by atoms with Crippen LogP contribution in [-0.4, -0.2) is 25.5 Å². The maximum atomic E-state index is 12.4. The van der Waals surface area contributed by atoms with E-state index in [1.54, 1.807) is 25.1 Å². The standard InChI is InChI=1S/C14H18BrNO4S/c1-9-2-5-11(15)8-13(9)21(19,20)16-12-6-3-10(4-7-12)14(17)18/h2,5,8,10,12,16H,3-4,6-7H2,1H3,(H,17,18). The zero-order chi connectivity index (χ0) is 15.6. The topological polar surface area (TPSA) is 83.5 Å². The van der Waals surface area contributed by atoms with E-state index in [0.29, 0.717) is 35.7 Å². The minimum absolute atomic E-state index is 0.191. The molecule has 0 heterocycles. The molecule has 1 aliphatic carbocycles. The Morgan fingerprint density at radius 3 is 2.48 bits per heavy atom. The first-order valence-electron chi connectivity index (χ1n) is 6.81. The molecule has 21 heavy (non-hydrogen) atoms. The van der Waals surface area contributed by atoms with Crippen molar-refractivity contribution in [1.29, 1.82) is 0 Å². The third kappa shape index (κ3) is 4.05. The van der Waals surface area contributed by atoms with E-state index in [1.165, 1.54) is 0 Å². The van der Waals surface area contributed by atoms with Crippen LogP contribution in [0.4, 0.5) is 0 Å². The number of halogens is 1. The lowest BCUT2D eigenvalue weighted by Crippen LogP contribution is -2.38. The van der Waals surface area contributed by atoms with Gasteiger partial charge in [0.15, 0.2) is 0 Å². The molecule has 1 aliphatic rings. The summed E-state index contributed by atoms with van der Waals surface area (Å²) in [6.07, 6.45) is 2.15. The summed E-state index contributed by atoms with van der Waals surface area (Å²) in [6, 6.07) is 4.94. The van der Waals surface area contributed by atoms with Gasteiger partial charge in [-0.05, 0) is 50.3 Å². The molecule has 1 fully saturated rings. The van der Waals surface area contributed by atoms with E-state index in [0.717, 1.165) is 0 Å². The van der Waals surface area contributed by atoms with Crippen molar-refractivity contribution >= 4 is 31.9 Å². The van der Waals surface area contributed by atoms with Crippen LogP contribution >= 0.6 is 15.9 Å². The van der Waals surface area contributed by atoms with Crippen molar-refractivity contribution in [3.63, 3.8) is 0 Å². The number of carboxylic acid groups (broad SMARTS) is 1. The quantitative estimate of drug-likeness (QED) is 0.847. The monoisotopic (exact) mass is 375 g/mol. The van der Waals surface area contributed by atoms with E-state index in [4.69, 9.17) is 5.11 Å². The largest absolute Gasteiger partial charge is 0.481 e. The summed E-state index contributed by atoms with van der Waals surface area (Å²) < 4.78 is 28.3. The average Bonchev–Trinajstić information content (AvgIpc) is 2.41. The molecule has 1 saturated carbocycles. The number of benzene rings is 1. The highest BCUT2D eigenvalue weighted by atomic mass is 79.9. The van der Waals surface area contributed by atoms with Crippen molar-refractivity contribution in [3.8, 4) is 0 Å². The van der Waals surface area contributed by atoms with Crippen LogP contribution in [0.3, 0.4) is 0 Å². The Hall–Kier alpha value is -0.920. The smallest absolute Gasteiger partial charge is 0.306 e. The molecule has 0 unspecified atom stereocenters. The minimum atomic E-state index is -3.58. The molecule has 2 N–H and O–H groups in total. The van der Waals surface area contributed by atoms with Crippen LogP contribution < -0.4 is 4.72 Å². The number of sulfonamides is 1. The van der Waals surface area contributed by atoms with Crippen molar-refractivity contribution in [3.05, 3.63) is 28.2 Å². The molecule has 1 aromatic rings. The highest BCUT2D eigenvalue weighted by Crippen LogP contribution is 2.27. The second-order valence-corrected chi connectivity index (χ2v) is 8.02. The van der Waals surface area contributed by atoms with Gasteiger partial charge >= 0.3 is 5.97 Å². The Balaban J connectivity index is 2.09. The lowest BCUT2D eigenvalue weighted by Gasteiger charge is -2.26. The fraction of sp³-hybridized carbons (Fsp3) is 0.500. The Kier molecular flexibility index (Phi) is 5.06. The van der Waals surface area contributed by atoms with Crippen molar-refractivity contribution < 1.29 is 18.3 Å². The third-order valence-corrected chi connectivity index (χ3v) is 5.99. The van der Waals surface area contributed by atoms with E-state index in [9.17, 15) is 13.2 Å². The van der Waals surface area contributed by atoms with Crippen molar-refractivity contribution in [2.45, 2.75) is 43.5 Å². The van der Waals surface area contributed by atoms with Gasteiger partial charge in [-0.2, -0.15) is 0 Å². The van der Waals surface area contributed by atoms with Crippen LogP contribution in [0.25, 0.3) is 0 Å². The van der Waals surface area contributed by atoms with Gasteiger partial charge in [-0.15, -0.1) is 0 Å². The molecule has 0 atom stereocenters. The molecule has 0 bridgehead atoms. The number of aliphatic carboxylic acids is 1. The van der Waals surface area contributed by atoms with E-state index >= 15 is 0 Å². The lowest BCUT2D eigenvalue weighted by atomic mass is 9.87. The van der Waals surface area contributed by atoms with Crippen LogP contribution in [0.2, 0.25) is 0 Å². The van der Waals surface area contributed by atoms with E-state index in [2.05, 4.69) is 20.7 Å². The minimum Gasteiger partial charge on any atom is -0.481 e. The SMILES string of the molecule is Cc1ccc(Br)cc1S(=O)(=O)NC1CCC(C(=O)O)CC1. The second kappa shape index (κ2) is 6.46. The summed E-state index contributed by atoms with van der Waals surface area (Å²) >= 11 is 3.28. The van der Waals surface area contributed by atoms with Gasteiger partial charge in [-0.25, -0.2) is 13.1 Å². The fourth-order valence-electron chi connectivity index (χ4n) is 2.60. The van der Waals surface area contributed by atoms with Gasteiger partial charge in [0.25, 0.3) is 0 Å². The van der Waals surface area contributed by atoms with E-state index in [-0.39, 0.29) is 16.9 Å². The van der Waals surface area contributed by atoms with Crippen molar-refractivity contribution in [1.82, 2.24) is 4.72 Å². The van der Waals surface area contributed by atoms with Gasteiger partial charge in [0.2, 0.25) is 10.0 Å². The van der Waals surface area contributed by atoms with Gasteiger partial charge in [-0.1, -0.05) is 22.0 Å². The van der Waals surface area contributed by atoms with Gasteiger partial charge < -0.3 is 5.11 Å². The number of hydrogen-bond acceptors (Lipinski definition) is 3. The number of carboxylic acids is 1. The highest BCUT2D eigenvalue weighted by Gasteiger charge is 2.29. The molecule has 116 valence electrons. The van der Waals surface area contributed by atoms with E-state index < -0.39 is 16.0 Å². The van der Waals surface area contributed by atoms with Crippen LogP contribution in [0.1, 0.15) is 31.2 Å². The molecule has 0 aliphatic heterocycles. The maximum absolute atomic E-state index is 12.4. The number of carbonyl (C=O) groups is 1. The Labute approximate surface area is 132 Å². The summed E-state index contributed by atoms with van der Waals surface area (Å²) in [6.45, 7) is 1.75. The van der Waals surface area contributed by atoms with Crippen LogP contribution in [0.5, 0.6) is 0 Å². The molecule has 0 spiro atoms. The average molecular weight is 376 g/mol. The first-order chi connectivity index (χ1) is 9.79. The van der Waals surface area contributed by atoms with Gasteiger partial charge in [0.1, 0.15) is 0 Å². The van der Waals surface area contributed by atoms with Gasteiger partial charge in [0.05, 0.1) is 10.8 Å². The zero-order valence-corrected chi connectivity index (χ0v) is 14.1. The molecule has 1 aromatic carbocycles. The Bertz CT molecular complexity index is 636. The van der Waals surface area contributed by atoms with E-state index in [1.807, 2.05) is 0 Å². The van der Waals surface area contributed by atoms with Crippen LogP contribution in [-0.2, 0) is 14.8 Å². The fourth-order valence-corrected chi connectivity index (χ4v) is 4.69. The predicted octanol–water partition coefficient (Wildman–Crippen LogP) is 2.68. The Morgan fingerprint density at radius 2 is 1.90 bits per heavy atom. The predicted molar refractivity (Wildman–Crippen MR) is 82.6 cm³/mol. The molecule has 7 heteroatoms. The van der Waals surface area contributed by atoms with Crippen LogP contribution in [0.15, 0.2) is 27.6 Å². The molecule has 2 rings (SSSR count). The molecule has 0 amide bonds. The van der Waals surface area contributed by atoms with Crippen LogP contribution in [0, 0.1) is 12.8 Å². The summed E-state index contributed by atoms with van der Waals surface area (Å²) in [5, 5.41) is 8.96. The Morgan fingerprint density at radius 1 is 1.29 bits per heavy atom. The van der Waals surface area contributed by atoms with Gasteiger partial charge in [-0.3, -0.25) is 4.79 Å². The molecule has 0 aromatic heterocycles. The normalized spacial score (nSPS) is 23.0. The third-order valence-electron chi connectivity index (χ3n) is 3.84. The number of aryl methyl sites for hydroxylation is 1. The summed E-state index contributed by atoms with van der Waals surface area (Å²) in [7, 11) is -3.58. The van der Waals surface area contributed by atoms with Gasteiger partial charge in [0, 0.05) is 10.5 Å². The first kappa shape index (κ1) is 16.5. The number of rotatable bonds is 4. The zero-order valence-electron chi connectivity index (χ0n) is 11.7. The first-order valence-corrected chi connectivity index (χ1v) is 9.08. The molecule has 0 radical (unpaired) electrons. The summed E-state index contributed by atoms with van der Waals surface area (Å²) in [5.41, 5.74) is 0.685. The maximum Gasteiger partial charge on any atom is 0.306 e. The molecule has 5 nitrogen and oxygen atoms in total. The summed E-state index contributed by atoms with van der Waals surface area (Å²) in [5.74, 6) is -1.14. The highest BCUT2D eigenvalue weighted by molar-refractivity contribution is 9.10. The lowest BCUT2D eigenvalue weighted by molar-refractivity contribution is -0.142. The second-order valence-electron chi connectivity index (χ2n) is 5.42. The van der Waals surface area contributed by atoms with Crippen molar-refractivity contribution in [2.24, 2.45) is 5.92 Å². The number of hydrogen-bond donors (Lipinski definition) is 2. The summed E-state index contributed by atoms with van der Waals surface area (Å²) in [4.78, 5) is 11.2. The molecular formula is C14H18BrNO4S. The molecule has 0 saturated heterocycles. The molecular weight excluding hydrogens is 358 g/mol.